The highest BCUT2D eigenvalue weighted by atomic mass is 16.6. The molecular weight excluding hydrogens is 96.0 g/mol. The molecule has 0 aromatic carbocycles. The zero-order chi connectivity index (χ0) is 5.54. The van der Waals surface area contributed by atoms with E-state index < -0.39 is 0 Å². The summed E-state index contributed by atoms with van der Waals surface area (Å²) >= 11 is 0. The molecule has 0 saturated heterocycles. The van der Waals surface area contributed by atoms with E-state index in [4.69, 9.17) is 0 Å². The van der Waals surface area contributed by atoms with Crippen LogP contribution in [0, 0.1) is 0 Å². The van der Waals surface area contributed by atoms with Gasteiger partial charge in [-0.2, -0.15) is 0 Å². The number of amides is 1. The summed E-state index contributed by atoms with van der Waals surface area (Å²) in [6, 6.07) is 0. The molecule has 0 radical (unpaired) electrons. The molecule has 0 spiro atoms. The largest absolute Gasteiger partial charge is 0.398 e. The Kier molecular flexibility index (Phi) is 4.19. The molecule has 4 heteroatoms. The molecule has 0 unspecified atom stereocenters. The number of carbonyl (C=O) groups is 1. The first-order chi connectivity index (χ1) is 3.41. The van der Waals surface area contributed by atoms with Gasteiger partial charge in [-0.1, -0.05) is 5.16 Å². The zero-order valence-corrected chi connectivity index (χ0v) is 3.92. The first kappa shape index (κ1) is 5.94. The standard InChI is InChI=1S/C3H6N2O2/c1-7-5-2-4-3-6/h2-3H,1H3,(H,4,5,6). The second-order valence-corrected chi connectivity index (χ2v) is 0.702. The summed E-state index contributed by atoms with van der Waals surface area (Å²) in [5.74, 6) is 0. The third-order valence-corrected chi connectivity index (χ3v) is 0.301. The van der Waals surface area contributed by atoms with Crippen molar-refractivity contribution in [3.05, 3.63) is 0 Å². The van der Waals surface area contributed by atoms with E-state index in [1.54, 1.807) is 0 Å². The molecule has 0 heterocycles. The molecule has 0 atom stereocenters. The number of oxime groups is 1. The van der Waals surface area contributed by atoms with E-state index in [0.29, 0.717) is 6.41 Å². The minimum atomic E-state index is 0.502. The predicted molar refractivity (Wildman–Crippen MR) is 24.7 cm³/mol. The SMILES string of the molecule is CO/N=C\NC=O. The van der Waals surface area contributed by atoms with Gasteiger partial charge in [0.2, 0.25) is 6.41 Å². The van der Waals surface area contributed by atoms with Crippen LogP contribution >= 0.6 is 0 Å². The second-order valence-electron chi connectivity index (χ2n) is 0.702. The lowest BCUT2D eigenvalue weighted by atomic mass is 11.2. The summed E-state index contributed by atoms with van der Waals surface area (Å²) in [6.45, 7) is 0. The Hall–Kier alpha value is -1.06. The van der Waals surface area contributed by atoms with E-state index in [1.807, 2.05) is 0 Å². The van der Waals surface area contributed by atoms with Crippen molar-refractivity contribution < 1.29 is 9.63 Å². The zero-order valence-electron chi connectivity index (χ0n) is 3.92. The van der Waals surface area contributed by atoms with Gasteiger partial charge in [-0.25, -0.2) is 0 Å². The van der Waals surface area contributed by atoms with Crippen LogP contribution in [0.15, 0.2) is 5.16 Å². The minimum absolute atomic E-state index is 0.502. The highest BCUT2D eigenvalue weighted by Crippen LogP contribution is 1.55. The molecule has 7 heavy (non-hydrogen) atoms. The van der Waals surface area contributed by atoms with Crippen molar-refractivity contribution in [1.29, 1.82) is 0 Å². The number of rotatable bonds is 3. The van der Waals surface area contributed by atoms with Crippen LogP contribution in [0.4, 0.5) is 0 Å². The van der Waals surface area contributed by atoms with Gasteiger partial charge in [-0.3, -0.25) is 4.79 Å². The molecule has 0 rings (SSSR count). The van der Waals surface area contributed by atoms with E-state index in [2.05, 4.69) is 15.3 Å². The average Bonchev–Trinajstić information content (AvgIpc) is 1.69. The fraction of sp³-hybridized carbons (Fsp3) is 0.333. The summed E-state index contributed by atoms with van der Waals surface area (Å²) in [7, 11) is 1.39. The van der Waals surface area contributed by atoms with Gasteiger partial charge < -0.3 is 10.2 Å². The number of nitrogens with one attached hydrogen (secondary N) is 1. The predicted octanol–water partition coefficient (Wildman–Crippen LogP) is -0.678. The molecule has 1 N–H and O–H groups in total. The Labute approximate surface area is 41.1 Å². The van der Waals surface area contributed by atoms with Crippen LogP contribution in [0.5, 0.6) is 0 Å². The van der Waals surface area contributed by atoms with Crippen LogP contribution in [0.3, 0.4) is 0 Å². The highest BCUT2D eigenvalue weighted by molar-refractivity contribution is 5.70. The quantitative estimate of drug-likeness (QED) is 0.222. The average molecular weight is 102 g/mol. The van der Waals surface area contributed by atoms with Gasteiger partial charge in [-0.15, -0.1) is 0 Å². The van der Waals surface area contributed by atoms with E-state index >= 15 is 0 Å². The number of nitrogens with zero attached hydrogens (tertiary/aromatic N) is 1. The van der Waals surface area contributed by atoms with E-state index in [1.165, 1.54) is 7.11 Å². The van der Waals surface area contributed by atoms with Crippen LogP contribution in [0.25, 0.3) is 0 Å². The lowest BCUT2D eigenvalue weighted by Gasteiger charge is -1.81. The van der Waals surface area contributed by atoms with Crippen molar-refractivity contribution in [1.82, 2.24) is 5.32 Å². The second kappa shape index (κ2) is 4.94. The Morgan fingerprint density at radius 2 is 2.57 bits per heavy atom. The van der Waals surface area contributed by atoms with Crippen molar-refractivity contribution in [3.8, 4) is 0 Å². The topological polar surface area (TPSA) is 50.7 Å². The maximum absolute atomic E-state index is 9.42. The molecule has 0 aliphatic carbocycles. The van der Waals surface area contributed by atoms with Gasteiger partial charge in [0.05, 0.1) is 0 Å². The van der Waals surface area contributed by atoms with E-state index in [0.717, 1.165) is 6.34 Å². The molecule has 0 fully saturated rings. The molecule has 4 nitrogen and oxygen atoms in total. The summed E-state index contributed by atoms with van der Waals surface area (Å²) in [4.78, 5) is 13.6. The van der Waals surface area contributed by atoms with Crippen LogP contribution in [0.2, 0.25) is 0 Å². The summed E-state index contributed by atoms with van der Waals surface area (Å²) in [6.07, 6.45) is 1.65. The molecule has 0 aliphatic heterocycles. The van der Waals surface area contributed by atoms with Crippen molar-refractivity contribution in [2.24, 2.45) is 5.16 Å². The maximum atomic E-state index is 9.42. The van der Waals surface area contributed by atoms with Crippen molar-refractivity contribution in [2.75, 3.05) is 7.11 Å². The van der Waals surface area contributed by atoms with Gasteiger partial charge in [0, 0.05) is 0 Å². The first-order valence-electron chi connectivity index (χ1n) is 1.66. The van der Waals surface area contributed by atoms with Crippen molar-refractivity contribution in [2.45, 2.75) is 0 Å². The number of hydrogen-bond donors (Lipinski definition) is 1. The lowest BCUT2D eigenvalue weighted by molar-refractivity contribution is -0.108. The monoisotopic (exact) mass is 102 g/mol. The molecule has 0 saturated carbocycles. The summed E-state index contributed by atoms with van der Waals surface area (Å²) in [5, 5.41) is 5.35. The van der Waals surface area contributed by atoms with Gasteiger partial charge >= 0.3 is 0 Å². The van der Waals surface area contributed by atoms with Crippen molar-refractivity contribution >= 4 is 12.7 Å². The van der Waals surface area contributed by atoms with E-state index in [-0.39, 0.29) is 0 Å². The third-order valence-electron chi connectivity index (χ3n) is 0.301. The highest BCUT2D eigenvalue weighted by Gasteiger charge is 1.62. The molecular formula is C3H6N2O2. The minimum Gasteiger partial charge on any atom is -0.398 e. The Bertz CT molecular complexity index is 71.3. The normalized spacial score (nSPS) is 8.71. The molecule has 0 aromatic rings. The molecule has 40 valence electrons. The lowest BCUT2D eigenvalue weighted by Crippen LogP contribution is -2.06. The third kappa shape index (κ3) is 4.94. The number of carbonyl (C=O) groups excluding carboxylic acids is 1. The summed E-state index contributed by atoms with van der Waals surface area (Å²) < 4.78 is 0. The molecule has 0 bridgehead atoms. The molecule has 0 aliphatic rings. The fourth-order valence-electron chi connectivity index (χ4n) is 0.114. The van der Waals surface area contributed by atoms with E-state index in [9.17, 15) is 4.79 Å². The smallest absolute Gasteiger partial charge is 0.212 e. The Balaban J connectivity index is 2.92. The first-order valence-corrected chi connectivity index (χ1v) is 1.66. The number of hydrogen-bond acceptors (Lipinski definition) is 3. The maximum Gasteiger partial charge on any atom is 0.212 e. The van der Waals surface area contributed by atoms with Crippen LogP contribution in [-0.4, -0.2) is 19.9 Å². The van der Waals surface area contributed by atoms with Crippen LogP contribution in [-0.2, 0) is 9.63 Å². The Morgan fingerprint density at radius 3 is 3.00 bits per heavy atom. The summed E-state index contributed by atoms with van der Waals surface area (Å²) in [5.41, 5.74) is 0. The van der Waals surface area contributed by atoms with Gasteiger partial charge in [0.1, 0.15) is 13.4 Å². The molecule has 0 aromatic heterocycles. The van der Waals surface area contributed by atoms with Gasteiger partial charge in [0.15, 0.2) is 0 Å². The van der Waals surface area contributed by atoms with Crippen molar-refractivity contribution in [3.63, 3.8) is 0 Å². The van der Waals surface area contributed by atoms with Gasteiger partial charge in [0.25, 0.3) is 0 Å². The van der Waals surface area contributed by atoms with Gasteiger partial charge in [-0.05, 0) is 0 Å². The van der Waals surface area contributed by atoms with Crippen LogP contribution < -0.4 is 5.32 Å². The molecule has 1 amide bonds. The fourth-order valence-corrected chi connectivity index (χ4v) is 0.114. The Morgan fingerprint density at radius 1 is 1.86 bits per heavy atom. The van der Waals surface area contributed by atoms with Crippen LogP contribution in [0.1, 0.15) is 0 Å².